The molecule has 2 unspecified atom stereocenters. The molecule has 1 saturated heterocycles. The number of carbonyl (C=O) groups excluding carboxylic acids is 1. The lowest BCUT2D eigenvalue weighted by molar-refractivity contribution is -0.122. The van der Waals surface area contributed by atoms with Crippen molar-refractivity contribution in [3.63, 3.8) is 0 Å². The molecule has 0 bridgehead atoms. The first-order valence-corrected chi connectivity index (χ1v) is 6.42. The molecule has 0 aromatic heterocycles. The van der Waals surface area contributed by atoms with Crippen molar-refractivity contribution in [1.82, 2.24) is 10.2 Å². The van der Waals surface area contributed by atoms with Crippen LogP contribution in [0.4, 0.5) is 0 Å². The molecule has 4 nitrogen and oxygen atoms in total. The lowest BCUT2D eigenvalue weighted by atomic mass is 9.97. The molecule has 1 heterocycles. The largest absolute Gasteiger partial charge is 0.353 e. The molecule has 0 aliphatic carbocycles. The lowest BCUT2D eigenvalue weighted by Crippen LogP contribution is -2.54. The molecule has 104 valence electrons. The van der Waals surface area contributed by atoms with Gasteiger partial charge in [0.15, 0.2) is 0 Å². The van der Waals surface area contributed by atoms with Crippen LogP contribution in [0.1, 0.15) is 13.3 Å². The smallest absolute Gasteiger partial charge is 0.236 e. The minimum atomic E-state index is -0.418. The normalized spacial score (nSPS) is 24.8. The summed E-state index contributed by atoms with van der Waals surface area (Å²) in [7, 11) is 4.15. The molecule has 0 aromatic carbocycles. The van der Waals surface area contributed by atoms with Gasteiger partial charge in [0, 0.05) is 17.8 Å². The molecule has 1 aliphatic rings. The van der Waals surface area contributed by atoms with Crippen molar-refractivity contribution in [2.45, 2.75) is 24.9 Å². The van der Waals surface area contributed by atoms with Crippen LogP contribution in [0.15, 0.2) is 0 Å². The van der Waals surface area contributed by atoms with Gasteiger partial charge in [-0.3, -0.25) is 4.79 Å². The standard InChI is InChI=1S/C10H21N3OS.2ClH/c1-8(11)9(14)12-6-10(13(2)3)4-5-15-7-10;;/h8H,4-7,11H2,1-3H3,(H,12,14);2*1H. The van der Waals surface area contributed by atoms with Crippen molar-refractivity contribution in [3.05, 3.63) is 0 Å². The number of nitrogens with one attached hydrogen (secondary N) is 1. The van der Waals surface area contributed by atoms with Crippen LogP contribution in [0.3, 0.4) is 0 Å². The van der Waals surface area contributed by atoms with E-state index in [1.54, 1.807) is 6.92 Å². The summed E-state index contributed by atoms with van der Waals surface area (Å²) in [4.78, 5) is 13.6. The second-order valence-electron chi connectivity index (χ2n) is 4.43. The summed E-state index contributed by atoms with van der Waals surface area (Å²) in [5.74, 6) is 2.19. The topological polar surface area (TPSA) is 58.4 Å². The highest BCUT2D eigenvalue weighted by Crippen LogP contribution is 2.31. The molecule has 1 fully saturated rings. The van der Waals surface area contributed by atoms with E-state index in [2.05, 4.69) is 24.3 Å². The van der Waals surface area contributed by atoms with Crippen molar-refractivity contribution in [3.8, 4) is 0 Å². The van der Waals surface area contributed by atoms with Crippen molar-refractivity contribution in [1.29, 1.82) is 0 Å². The van der Waals surface area contributed by atoms with E-state index < -0.39 is 6.04 Å². The van der Waals surface area contributed by atoms with Crippen LogP contribution in [-0.4, -0.2) is 54.5 Å². The molecule has 2 atom stereocenters. The van der Waals surface area contributed by atoms with Crippen molar-refractivity contribution in [2.75, 3.05) is 32.1 Å². The van der Waals surface area contributed by atoms with Crippen molar-refractivity contribution in [2.24, 2.45) is 5.73 Å². The van der Waals surface area contributed by atoms with E-state index in [4.69, 9.17) is 5.73 Å². The molecule has 7 heteroatoms. The first-order chi connectivity index (χ1) is 6.98. The van der Waals surface area contributed by atoms with E-state index in [9.17, 15) is 4.79 Å². The predicted octanol–water partition coefficient (Wildman–Crippen LogP) is 0.731. The molecule has 17 heavy (non-hydrogen) atoms. The Morgan fingerprint density at radius 3 is 2.47 bits per heavy atom. The van der Waals surface area contributed by atoms with Gasteiger partial charge in [0.2, 0.25) is 5.91 Å². The Hall–Kier alpha value is 0.320. The number of nitrogens with two attached hydrogens (primary N) is 1. The van der Waals surface area contributed by atoms with Crippen LogP contribution in [0.25, 0.3) is 0 Å². The zero-order valence-corrected chi connectivity index (χ0v) is 13.0. The molecule has 1 amide bonds. The monoisotopic (exact) mass is 303 g/mol. The third-order valence-corrected chi connectivity index (χ3v) is 4.27. The van der Waals surface area contributed by atoms with E-state index in [-0.39, 0.29) is 36.3 Å². The van der Waals surface area contributed by atoms with Gasteiger partial charge < -0.3 is 16.0 Å². The Bertz CT molecular complexity index is 234. The van der Waals surface area contributed by atoms with Gasteiger partial charge in [0.1, 0.15) is 0 Å². The van der Waals surface area contributed by atoms with Crippen molar-refractivity contribution < 1.29 is 4.79 Å². The Morgan fingerprint density at radius 2 is 2.12 bits per heavy atom. The number of hydrogen-bond donors (Lipinski definition) is 2. The maximum atomic E-state index is 11.4. The molecule has 0 spiro atoms. The predicted molar refractivity (Wildman–Crippen MR) is 79.5 cm³/mol. The maximum Gasteiger partial charge on any atom is 0.236 e. The van der Waals surface area contributed by atoms with Gasteiger partial charge >= 0.3 is 0 Å². The summed E-state index contributed by atoms with van der Waals surface area (Å²) < 4.78 is 0. The number of rotatable bonds is 4. The molecule has 0 aromatic rings. The van der Waals surface area contributed by atoms with E-state index in [0.717, 1.165) is 12.2 Å². The van der Waals surface area contributed by atoms with Crippen LogP contribution >= 0.6 is 36.6 Å². The Labute approximate surface area is 120 Å². The number of likely N-dealkylation sites (N-methyl/N-ethyl adjacent to an activating group) is 1. The Morgan fingerprint density at radius 1 is 1.53 bits per heavy atom. The van der Waals surface area contributed by atoms with Gasteiger partial charge in [0.25, 0.3) is 0 Å². The SMILES string of the molecule is CC(N)C(=O)NCC1(N(C)C)CCSC1.Cl.Cl. The fraction of sp³-hybridized carbons (Fsp3) is 0.900. The number of carbonyl (C=O) groups is 1. The molecule has 3 N–H and O–H groups in total. The average molecular weight is 304 g/mol. The fourth-order valence-electron chi connectivity index (χ4n) is 1.66. The van der Waals surface area contributed by atoms with E-state index in [1.807, 2.05) is 11.8 Å². The third kappa shape index (κ3) is 5.22. The molecule has 1 rings (SSSR count). The average Bonchev–Trinajstić information content (AvgIpc) is 2.63. The zero-order valence-electron chi connectivity index (χ0n) is 10.6. The minimum absolute atomic E-state index is 0. The summed E-state index contributed by atoms with van der Waals surface area (Å²) in [6.07, 6.45) is 1.13. The van der Waals surface area contributed by atoms with Crippen molar-refractivity contribution >= 4 is 42.5 Å². The second kappa shape index (κ2) is 8.43. The van der Waals surface area contributed by atoms with Gasteiger partial charge in [-0.2, -0.15) is 11.8 Å². The number of halogens is 2. The van der Waals surface area contributed by atoms with E-state index in [0.29, 0.717) is 6.54 Å². The summed E-state index contributed by atoms with van der Waals surface area (Å²) >= 11 is 1.95. The number of nitrogens with zero attached hydrogens (tertiary/aromatic N) is 1. The Kier molecular flexibility index (Phi) is 9.74. The molecule has 0 saturated carbocycles. The molecular formula is C10H23Cl2N3OS. The van der Waals surface area contributed by atoms with E-state index >= 15 is 0 Å². The van der Waals surface area contributed by atoms with Crippen LogP contribution < -0.4 is 11.1 Å². The van der Waals surface area contributed by atoms with Crippen LogP contribution in [-0.2, 0) is 4.79 Å². The highest BCUT2D eigenvalue weighted by atomic mass is 35.5. The fourth-order valence-corrected chi connectivity index (χ4v) is 3.21. The summed E-state index contributed by atoms with van der Waals surface area (Å²) in [5.41, 5.74) is 5.63. The first kappa shape index (κ1) is 19.7. The lowest BCUT2D eigenvalue weighted by Gasteiger charge is -2.35. The minimum Gasteiger partial charge on any atom is -0.353 e. The van der Waals surface area contributed by atoms with Gasteiger partial charge in [-0.15, -0.1) is 24.8 Å². The molecule has 1 aliphatic heterocycles. The highest BCUT2D eigenvalue weighted by Gasteiger charge is 2.36. The van der Waals surface area contributed by atoms with E-state index in [1.165, 1.54) is 5.75 Å². The third-order valence-electron chi connectivity index (χ3n) is 3.04. The maximum absolute atomic E-state index is 11.4. The Balaban J connectivity index is 0. The van der Waals surface area contributed by atoms with Gasteiger partial charge in [0.05, 0.1) is 6.04 Å². The van der Waals surface area contributed by atoms with Gasteiger partial charge in [-0.1, -0.05) is 0 Å². The molecule has 0 radical (unpaired) electrons. The second-order valence-corrected chi connectivity index (χ2v) is 5.53. The summed E-state index contributed by atoms with van der Waals surface area (Å²) in [5, 5.41) is 2.93. The van der Waals surface area contributed by atoms with Gasteiger partial charge in [-0.05, 0) is 33.2 Å². The first-order valence-electron chi connectivity index (χ1n) is 5.26. The summed E-state index contributed by atoms with van der Waals surface area (Å²) in [6.45, 7) is 2.41. The quantitative estimate of drug-likeness (QED) is 0.804. The number of hydrogen-bond acceptors (Lipinski definition) is 4. The van der Waals surface area contributed by atoms with Gasteiger partial charge in [-0.25, -0.2) is 0 Å². The number of amides is 1. The molecular weight excluding hydrogens is 281 g/mol. The van der Waals surface area contributed by atoms with Crippen LogP contribution in [0.2, 0.25) is 0 Å². The number of thioether (sulfide) groups is 1. The van der Waals surface area contributed by atoms with Crippen LogP contribution in [0.5, 0.6) is 0 Å². The zero-order chi connectivity index (χ0) is 11.5. The summed E-state index contributed by atoms with van der Waals surface area (Å²) in [6, 6.07) is -0.418. The van der Waals surface area contributed by atoms with Crippen LogP contribution in [0, 0.1) is 0 Å². The highest BCUT2D eigenvalue weighted by molar-refractivity contribution is 7.99.